The number of fused-ring (bicyclic) bond motifs is 1. The number of carbonyl (C=O) groups excluding carboxylic acids is 1. The molecule has 162 valence electrons. The van der Waals surface area contributed by atoms with Gasteiger partial charge in [-0.25, -0.2) is 4.98 Å². The highest BCUT2D eigenvalue weighted by molar-refractivity contribution is 7.23. The molecule has 0 spiro atoms. The van der Waals surface area contributed by atoms with Crippen LogP contribution < -0.4 is 9.64 Å². The van der Waals surface area contributed by atoms with E-state index in [0.717, 1.165) is 0 Å². The molecule has 10 heteroatoms. The molecule has 0 aliphatic rings. The number of anilines is 1. The predicted molar refractivity (Wildman–Crippen MR) is 123 cm³/mol. The number of hydrogen-bond acceptors (Lipinski definition) is 7. The van der Waals surface area contributed by atoms with Crippen LogP contribution in [0.5, 0.6) is 5.75 Å². The molecular formula is C22H16ClN3O5S. The molecule has 0 radical (unpaired) electrons. The van der Waals surface area contributed by atoms with Crippen molar-refractivity contribution in [1.29, 1.82) is 0 Å². The van der Waals surface area contributed by atoms with Crippen molar-refractivity contribution < 1.29 is 18.9 Å². The summed E-state index contributed by atoms with van der Waals surface area (Å²) in [4.78, 5) is 29.5. The average molecular weight is 470 g/mol. The van der Waals surface area contributed by atoms with Crippen molar-refractivity contribution in [3.8, 4) is 5.75 Å². The van der Waals surface area contributed by atoms with Crippen LogP contribution >= 0.6 is 22.9 Å². The van der Waals surface area contributed by atoms with Gasteiger partial charge in [0.15, 0.2) is 5.13 Å². The van der Waals surface area contributed by atoms with Crippen LogP contribution in [0.15, 0.2) is 65.3 Å². The number of furan rings is 1. The van der Waals surface area contributed by atoms with Crippen LogP contribution in [0, 0.1) is 10.1 Å². The lowest BCUT2D eigenvalue weighted by Gasteiger charge is -2.16. The lowest BCUT2D eigenvalue weighted by atomic mass is 10.2. The maximum absolute atomic E-state index is 13.1. The highest BCUT2D eigenvalue weighted by Crippen LogP contribution is 2.39. The third kappa shape index (κ3) is 4.48. The number of carbonyl (C=O) groups is 1. The highest BCUT2D eigenvalue weighted by atomic mass is 35.5. The molecule has 0 fully saturated rings. The smallest absolute Gasteiger partial charge is 0.269 e. The van der Waals surface area contributed by atoms with Crippen molar-refractivity contribution in [3.63, 3.8) is 0 Å². The van der Waals surface area contributed by atoms with E-state index in [2.05, 4.69) is 4.98 Å². The normalized spacial score (nSPS) is 11.2. The van der Waals surface area contributed by atoms with E-state index in [1.165, 1.54) is 40.7 Å². The Balaban J connectivity index is 1.67. The maximum Gasteiger partial charge on any atom is 0.269 e. The van der Waals surface area contributed by atoms with Crippen LogP contribution in [0.1, 0.15) is 11.3 Å². The van der Waals surface area contributed by atoms with Gasteiger partial charge in [-0.05, 0) is 48.0 Å². The molecule has 32 heavy (non-hydrogen) atoms. The number of aromatic nitrogens is 1. The summed E-state index contributed by atoms with van der Waals surface area (Å²) in [6, 6.07) is 12.9. The van der Waals surface area contributed by atoms with Gasteiger partial charge in [0, 0.05) is 18.2 Å². The Morgan fingerprint density at radius 2 is 2.06 bits per heavy atom. The Kier molecular flexibility index (Phi) is 6.20. The Bertz CT molecular complexity index is 1300. The summed E-state index contributed by atoms with van der Waals surface area (Å²) in [6.07, 6.45) is 4.50. The van der Waals surface area contributed by atoms with E-state index >= 15 is 0 Å². The van der Waals surface area contributed by atoms with E-state index in [4.69, 9.17) is 20.8 Å². The fraction of sp³-hybridized carbons (Fsp3) is 0.0909. The second-order valence-corrected chi connectivity index (χ2v) is 7.99. The number of methoxy groups -OCH3 is 1. The van der Waals surface area contributed by atoms with Gasteiger partial charge in [-0.15, -0.1) is 0 Å². The van der Waals surface area contributed by atoms with Crippen LogP contribution in [-0.4, -0.2) is 22.9 Å². The van der Waals surface area contributed by atoms with Crippen LogP contribution in [0.3, 0.4) is 0 Å². The summed E-state index contributed by atoms with van der Waals surface area (Å²) < 4.78 is 11.5. The number of nitro groups is 1. The van der Waals surface area contributed by atoms with Crippen molar-refractivity contribution in [2.24, 2.45) is 0 Å². The standard InChI is InChI=1S/C22H16ClN3O5S/c1-30-18-10-9-17(23)21-20(18)24-22(32-21)25(13-16-3-2-12-31-16)19(27)11-6-14-4-7-15(8-5-14)26(28)29/h2-12H,13H2,1H3/b11-6-. The Morgan fingerprint density at radius 1 is 1.28 bits per heavy atom. The van der Waals surface area contributed by atoms with E-state index in [9.17, 15) is 14.9 Å². The quantitative estimate of drug-likeness (QED) is 0.195. The zero-order chi connectivity index (χ0) is 22.7. The number of ether oxygens (including phenoxy) is 1. The van der Waals surface area contributed by atoms with Crippen LogP contribution in [0.2, 0.25) is 5.02 Å². The molecule has 0 aliphatic heterocycles. The van der Waals surface area contributed by atoms with Crippen molar-refractivity contribution in [3.05, 3.63) is 87.3 Å². The first kappa shape index (κ1) is 21.5. The molecule has 8 nitrogen and oxygen atoms in total. The third-order valence-corrected chi connectivity index (χ3v) is 6.12. The Labute approximate surface area is 191 Å². The number of amides is 1. The summed E-state index contributed by atoms with van der Waals surface area (Å²) in [5, 5.41) is 11.8. The van der Waals surface area contributed by atoms with Gasteiger partial charge in [-0.3, -0.25) is 19.8 Å². The summed E-state index contributed by atoms with van der Waals surface area (Å²) in [5.74, 6) is 0.798. The number of benzene rings is 2. The van der Waals surface area contributed by atoms with Crippen LogP contribution in [0.25, 0.3) is 16.3 Å². The predicted octanol–water partition coefficient (Wildman–Crippen LogP) is 5.71. The minimum absolute atomic E-state index is 0.0202. The summed E-state index contributed by atoms with van der Waals surface area (Å²) >= 11 is 7.60. The third-order valence-electron chi connectivity index (χ3n) is 4.58. The maximum atomic E-state index is 13.1. The van der Waals surface area contributed by atoms with Gasteiger partial charge in [-0.1, -0.05) is 22.9 Å². The number of hydrogen-bond donors (Lipinski definition) is 0. The molecule has 0 bridgehead atoms. The molecule has 4 rings (SSSR count). The van der Waals surface area contributed by atoms with Gasteiger partial charge in [0.1, 0.15) is 17.0 Å². The fourth-order valence-electron chi connectivity index (χ4n) is 2.98. The summed E-state index contributed by atoms with van der Waals surface area (Å²) in [5.41, 5.74) is 1.20. The van der Waals surface area contributed by atoms with Gasteiger partial charge in [0.05, 0.1) is 34.6 Å². The zero-order valence-electron chi connectivity index (χ0n) is 16.7. The van der Waals surface area contributed by atoms with Gasteiger partial charge in [0.2, 0.25) is 0 Å². The SMILES string of the molecule is COc1ccc(Cl)c2sc(N(Cc3ccco3)C(=O)/C=C\c3ccc([N+](=O)[O-])cc3)nc12. The molecule has 4 aromatic rings. The number of halogens is 1. The average Bonchev–Trinajstić information content (AvgIpc) is 3.47. The minimum atomic E-state index is -0.476. The largest absolute Gasteiger partial charge is 0.494 e. The van der Waals surface area contributed by atoms with Gasteiger partial charge in [-0.2, -0.15) is 0 Å². The molecule has 0 atom stereocenters. The molecule has 0 aliphatic carbocycles. The topological polar surface area (TPSA) is 98.7 Å². The number of thiazole rings is 1. The van der Waals surface area contributed by atoms with Crippen molar-refractivity contribution in [2.75, 3.05) is 12.0 Å². The van der Waals surface area contributed by atoms with E-state index in [1.54, 1.807) is 49.6 Å². The fourth-order valence-corrected chi connectivity index (χ4v) is 4.25. The lowest BCUT2D eigenvalue weighted by molar-refractivity contribution is -0.384. The summed E-state index contributed by atoms with van der Waals surface area (Å²) in [6.45, 7) is 0.163. The number of non-ortho nitro benzene ring substituents is 1. The molecule has 0 unspecified atom stereocenters. The first-order valence-corrected chi connectivity index (χ1v) is 10.5. The molecule has 2 heterocycles. The number of nitrogens with zero attached hydrogens (tertiary/aromatic N) is 3. The molecule has 2 aromatic carbocycles. The molecular weight excluding hydrogens is 454 g/mol. The molecule has 2 aromatic heterocycles. The van der Waals surface area contributed by atoms with E-state index in [0.29, 0.717) is 37.4 Å². The number of nitro benzene ring substituents is 1. The van der Waals surface area contributed by atoms with Crippen LogP contribution in [-0.2, 0) is 11.3 Å². The van der Waals surface area contributed by atoms with E-state index in [-0.39, 0.29) is 18.1 Å². The monoisotopic (exact) mass is 469 g/mol. The van der Waals surface area contributed by atoms with Crippen molar-refractivity contribution >= 4 is 56.0 Å². The van der Waals surface area contributed by atoms with Crippen LogP contribution in [0.4, 0.5) is 10.8 Å². The van der Waals surface area contributed by atoms with Gasteiger partial charge < -0.3 is 9.15 Å². The van der Waals surface area contributed by atoms with Crippen molar-refractivity contribution in [1.82, 2.24) is 4.98 Å². The molecule has 0 saturated heterocycles. The molecule has 0 N–H and O–H groups in total. The van der Waals surface area contributed by atoms with E-state index < -0.39 is 4.92 Å². The minimum Gasteiger partial charge on any atom is -0.494 e. The highest BCUT2D eigenvalue weighted by Gasteiger charge is 2.22. The lowest BCUT2D eigenvalue weighted by Crippen LogP contribution is -2.28. The molecule has 0 saturated carbocycles. The second kappa shape index (κ2) is 9.21. The van der Waals surface area contributed by atoms with E-state index in [1.807, 2.05) is 0 Å². The second-order valence-electron chi connectivity index (χ2n) is 6.61. The van der Waals surface area contributed by atoms with Crippen molar-refractivity contribution in [2.45, 2.75) is 6.54 Å². The summed E-state index contributed by atoms with van der Waals surface area (Å²) in [7, 11) is 1.54. The van der Waals surface area contributed by atoms with Gasteiger partial charge in [0.25, 0.3) is 11.6 Å². The Hall–Kier alpha value is -3.69. The zero-order valence-corrected chi connectivity index (χ0v) is 18.3. The number of rotatable bonds is 7. The first-order chi connectivity index (χ1) is 15.5. The molecule has 1 amide bonds. The Morgan fingerprint density at radius 3 is 2.72 bits per heavy atom. The first-order valence-electron chi connectivity index (χ1n) is 9.35. The van der Waals surface area contributed by atoms with Gasteiger partial charge >= 0.3 is 0 Å².